The van der Waals surface area contributed by atoms with Crippen molar-refractivity contribution in [3.05, 3.63) is 29.8 Å². The van der Waals surface area contributed by atoms with Crippen molar-refractivity contribution in [1.29, 1.82) is 0 Å². The molecule has 22 heavy (non-hydrogen) atoms. The molecule has 1 aromatic carbocycles. The van der Waals surface area contributed by atoms with Crippen LogP contribution in [0.25, 0.3) is 0 Å². The van der Waals surface area contributed by atoms with E-state index >= 15 is 0 Å². The summed E-state index contributed by atoms with van der Waals surface area (Å²) in [6.07, 6.45) is 1.10. The third-order valence-electron chi connectivity index (χ3n) is 4.28. The number of hydrogen-bond acceptors (Lipinski definition) is 4. The van der Waals surface area contributed by atoms with E-state index in [0.717, 1.165) is 4.90 Å². The van der Waals surface area contributed by atoms with Gasteiger partial charge in [0.15, 0.2) is 0 Å². The molecule has 1 aromatic rings. The molecule has 0 radical (unpaired) electrons. The van der Waals surface area contributed by atoms with Gasteiger partial charge in [-0.2, -0.15) is 0 Å². The standard InChI is InChI=1S/C15H13Br2NO4/c16-10-5-8-9(6-11(10)17)14(20)18(13(8)19)12-4-2-1-3-7(12)15(21)22/h1-4,8-11H,5-6H2,(H,21,22)/p-1/t8-,9-,10+,11+/m0/s1. The van der Waals surface area contributed by atoms with Crippen LogP contribution in [0.4, 0.5) is 5.69 Å². The first-order valence-corrected chi connectivity index (χ1v) is 8.71. The fourth-order valence-corrected chi connectivity index (χ4v) is 4.41. The largest absolute Gasteiger partial charge is 0.545 e. The molecule has 0 spiro atoms. The van der Waals surface area contributed by atoms with Gasteiger partial charge < -0.3 is 9.90 Å². The third-order valence-corrected chi connectivity index (χ3v) is 7.01. The fourth-order valence-electron chi connectivity index (χ4n) is 3.17. The lowest BCUT2D eigenvalue weighted by Crippen LogP contribution is -2.34. The summed E-state index contributed by atoms with van der Waals surface area (Å²) < 4.78 is 0. The molecule has 4 atom stereocenters. The van der Waals surface area contributed by atoms with Crippen LogP contribution in [0.1, 0.15) is 23.2 Å². The monoisotopic (exact) mass is 428 g/mol. The number of carboxylic acids is 1. The fraction of sp³-hybridized carbons (Fsp3) is 0.400. The van der Waals surface area contributed by atoms with Crippen LogP contribution in [-0.2, 0) is 9.59 Å². The zero-order valence-corrected chi connectivity index (χ0v) is 14.5. The Kier molecular flexibility index (Phi) is 4.11. The molecule has 3 rings (SSSR count). The minimum atomic E-state index is -1.40. The first-order chi connectivity index (χ1) is 10.4. The van der Waals surface area contributed by atoms with Gasteiger partial charge in [0.1, 0.15) is 0 Å². The predicted octanol–water partition coefficient (Wildman–Crippen LogP) is 1.48. The van der Waals surface area contributed by atoms with E-state index in [1.807, 2.05) is 0 Å². The number of aromatic carboxylic acids is 1. The Bertz CT molecular complexity index is 635. The number of fused-ring (bicyclic) bond motifs is 1. The number of anilines is 1. The van der Waals surface area contributed by atoms with Crippen molar-refractivity contribution in [3.63, 3.8) is 0 Å². The van der Waals surface area contributed by atoms with Crippen molar-refractivity contribution in [3.8, 4) is 0 Å². The van der Waals surface area contributed by atoms with Gasteiger partial charge in [-0.25, -0.2) is 4.90 Å². The second-order valence-electron chi connectivity index (χ2n) is 5.53. The van der Waals surface area contributed by atoms with Crippen LogP contribution in [0.15, 0.2) is 24.3 Å². The van der Waals surface area contributed by atoms with Gasteiger partial charge in [-0.1, -0.05) is 50.1 Å². The number of carbonyl (C=O) groups is 3. The highest BCUT2D eigenvalue weighted by atomic mass is 79.9. The molecule has 116 valence electrons. The summed E-state index contributed by atoms with van der Waals surface area (Å²) in [6.45, 7) is 0. The zero-order valence-electron chi connectivity index (χ0n) is 11.4. The summed E-state index contributed by atoms with van der Waals surface area (Å²) in [5.74, 6) is -2.86. The van der Waals surface area contributed by atoms with Crippen molar-refractivity contribution in [2.45, 2.75) is 22.5 Å². The Hall–Kier alpha value is -1.21. The molecule has 1 heterocycles. The molecule has 1 aliphatic carbocycles. The maximum Gasteiger partial charge on any atom is 0.237 e. The van der Waals surface area contributed by atoms with Crippen molar-refractivity contribution < 1.29 is 19.5 Å². The summed E-state index contributed by atoms with van der Waals surface area (Å²) in [5.41, 5.74) is -0.0437. The minimum absolute atomic E-state index is 0.101. The van der Waals surface area contributed by atoms with Gasteiger partial charge in [0.05, 0.1) is 23.5 Å². The lowest BCUT2D eigenvalue weighted by molar-refractivity contribution is -0.254. The van der Waals surface area contributed by atoms with Gasteiger partial charge in [-0.15, -0.1) is 0 Å². The molecule has 2 fully saturated rings. The number of benzene rings is 1. The van der Waals surface area contributed by atoms with Crippen LogP contribution in [-0.4, -0.2) is 27.4 Å². The van der Waals surface area contributed by atoms with E-state index in [1.54, 1.807) is 6.07 Å². The van der Waals surface area contributed by atoms with Crippen molar-refractivity contribution in [2.24, 2.45) is 11.8 Å². The second kappa shape index (κ2) is 5.77. The van der Waals surface area contributed by atoms with Gasteiger partial charge in [0, 0.05) is 15.2 Å². The lowest BCUT2D eigenvalue weighted by atomic mass is 9.81. The van der Waals surface area contributed by atoms with E-state index in [2.05, 4.69) is 31.9 Å². The topological polar surface area (TPSA) is 77.5 Å². The van der Waals surface area contributed by atoms with E-state index < -0.39 is 17.8 Å². The molecule has 0 N–H and O–H groups in total. The first kappa shape index (κ1) is 15.7. The Labute approximate surface area is 143 Å². The summed E-state index contributed by atoms with van der Waals surface area (Å²) in [4.78, 5) is 37.7. The van der Waals surface area contributed by atoms with E-state index in [1.165, 1.54) is 18.2 Å². The Morgan fingerprint density at radius 3 is 2.05 bits per heavy atom. The number of carboxylic acid groups (broad SMARTS) is 1. The highest BCUT2D eigenvalue weighted by Crippen LogP contribution is 2.44. The van der Waals surface area contributed by atoms with Crippen molar-refractivity contribution in [2.75, 3.05) is 4.90 Å². The summed E-state index contributed by atoms with van der Waals surface area (Å²) in [6, 6.07) is 5.95. The molecule has 1 saturated heterocycles. The Morgan fingerprint density at radius 1 is 1.05 bits per heavy atom. The molecule has 7 heteroatoms. The lowest BCUT2D eigenvalue weighted by Gasteiger charge is -2.29. The van der Waals surface area contributed by atoms with E-state index in [4.69, 9.17) is 0 Å². The summed E-state index contributed by atoms with van der Waals surface area (Å²) in [7, 11) is 0. The number of imide groups is 1. The smallest absolute Gasteiger partial charge is 0.237 e. The van der Waals surface area contributed by atoms with Crippen molar-refractivity contribution >= 4 is 55.3 Å². The average Bonchev–Trinajstić information content (AvgIpc) is 2.71. The molecule has 0 unspecified atom stereocenters. The van der Waals surface area contributed by atoms with Crippen LogP contribution in [0.5, 0.6) is 0 Å². The molecule has 1 saturated carbocycles. The maximum absolute atomic E-state index is 12.6. The van der Waals surface area contributed by atoms with E-state index in [9.17, 15) is 19.5 Å². The molecule has 2 amide bonds. The van der Waals surface area contributed by atoms with Gasteiger partial charge in [0.2, 0.25) is 11.8 Å². The highest BCUT2D eigenvalue weighted by Gasteiger charge is 2.52. The van der Waals surface area contributed by atoms with Crippen LogP contribution in [0.2, 0.25) is 0 Å². The predicted molar refractivity (Wildman–Crippen MR) is 84.9 cm³/mol. The number of halogens is 2. The van der Waals surface area contributed by atoms with Gasteiger partial charge >= 0.3 is 0 Å². The van der Waals surface area contributed by atoms with Crippen LogP contribution in [0, 0.1) is 11.8 Å². The number of hydrogen-bond donors (Lipinski definition) is 0. The number of alkyl halides is 2. The van der Waals surface area contributed by atoms with Gasteiger partial charge in [0.25, 0.3) is 0 Å². The maximum atomic E-state index is 12.6. The zero-order chi connectivity index (χ0) is 16.0. The highest BCUT2D eigenvalue weighted by molar-refractivity contribution is 9.12. The Morgan fingerprint density at radius 2 is 1.55 bits per heavy atom. The summed E-state index contributed by atoms with van der Waals surface area (Å²) in [5, 5.41) is 11.2. The minimum Gasteiger partial charge on any atom is -0.545 e. The Balaban J connectivity index is 2.01. The molecule has 1 aliphatic heterocycles. The van der Waals surface area contributed by atoms with Crippen LogP contribution in [0.3, 0.4) is 0 Å². The number of carbonyl (C=O) groups excluding carboxylic acids is 3. The molecular formula is C15H12Br2NO4-. The third kappa shape index (κ3) is 2.40. The first-order valence-electron chi connectivity index (χ1n) is 6.88. The average molecular weight is 430 g/mol. The van der Waals surface area contributed by atoms with Gasteiger partial charge in [-0.3, -0.25) is 9.59 Å². The van der Waals surface area contributed by atoms with Crippen molar-refractivity contribution in [1.82, 2.24) is 0 Å². The molecular weight excluding hydrogens is 418 g/mol. The number of nitrogens with zero attached hydrogens (tertiary/aromatic N) is 1. The van der Waals surface area contributed by atoms with Crippen LogP contribution < -0.4 is 10.0 Å². The molecule has 0 bridgehead atoms. The molecule has 2 aliphatic rings. The molecule has 5 nitrogen and oxygen atoms in total. The number of rotatable bonds is 2. The quantitative estimate of drug-likeness (QED) is 0.527. The normalized spacial score (nSPS) is 31.3. The van der Waals surface area contributed by atoms with Crippen LogP contribution >= 0.6 is 31.9 Å². The van der Waals surface area contributed by atoms with E-state index in [0.29, 0.717) is 12.8 Å². The van der Waals surface area contributed by atoms with Gasteiger partial charge in [-0.05, 0) is 18.9 Å². The number of para-hydroxylation sites is 1. The number of amides is 2. The SMILES string of the molecule is O=C([O-])c1ccccc1N1C(=O)[C@H]2C[C@@H](Br)[C@H](Br)C[C@@H]2C1=O. The molecule has 0 aromatic heterocycles. The summed E-state index contributed by atoms with van der Waals surface area (Å²) >= 11 is 7.04. The second-order valence-corrected chi connectivity index (χ2v) is 7.89. The van der Waals surface area contributed by atoms with E-state index in [-0.39, 0.29) is 32.7 Å².